The molecule has 0 aliphatic heterocycles. The lowest BCUT2D eigenvalue weighted by molar-refractivity contribution is 0.0955. The van der Waals surface area contributed by atoms with E-state index in [1.54, 1.807) is 24.3 Å². The van der Waals surface area contributed by atoms with Crippen LogP contribution in [0.3, 0.4) is 0 Å². The van der Waals surface area contributed by atoms with E-state index in [1.165, 1.54) is 19.4 Å². The van der Waals surface area contributed by atoms with Crippen molar-refractivity contribution < 1.29 is 14.6 Å². The van der Waals surface area contributed by atoms with Crippen LogP contribution in [-0.4, -0.2) is 34.3 Å². The monoisotopic (exact) mass is 376 g/mol. The number of rotatable bonds is 4. The number of H-pyrrole nitrogens is 2. The molecule has 0 unspecified atom stereocenters. The number of hydrazone groups is 1. The molecule has 1 aromatic heterocycles. The number of ether oxygens (including phenoxy) is 1. The standard InChI is InChI=1S/C16H13ClN4O3S/c1-24-13-5-8(4-10(17)14(13)22)7-18-21-15(23)9-2-3-11-12(6-9)20-16(25)19-11/h2-7,22H,1H3,(H,21,23)(H2,19,20,25)/b18-7-. The summed E-state index contributed by atoms with van der Waals surface area (Å²) in [7, 11) is 1.41. The first-order valence-corrected chi connectivity index (χ1v) is 7.88. The smallest absolute Gasteiger partial charge is 0.271 e. The number of aromatic amines is 2. The van der Waals surface area contributed by atoms with Crippen molar-refractivity contribution in [2.45, 2.75) is 0 Å². The number of amides is 1. The lowest BCUT2D eigenvalue weighted by Crippen LogP contribution is -2.17. The topological polar surface area (TPSA) is 102 Å². The van der Waals surface area contributed by atoms with Crippen LogP contribution in [0.5, 0.6) is 11.5 Å². The summed E-state index contributed by atoms with van der Waals surface area (Å²) < 4.78 is 5.50. The number of halogens is 1. The van der Waals surface area contributed by atoms with Crippen LogP contribution in [0.15, 0.2) is 35.4 Å². The van der Waals surface area contributed by atoms with Gasteiger partial charge in [0, 0.05) is 5.56 Å². The highest BCUT2D eigenvalue weighted by Crippen LogP contribution is 2.34. The first-order chi connectivity index (χ1) is 12.0. The van der Waals surface area contributed by atoms with E-state index in [-0.39, 0.29) is 22.4 Å². The summed E-state index contributed by atoms with van der Waals surface area (Å²) in [6.07, 6.45) is 1.40. The van der Waals surface area contributed by atoms with Gasteiger partial charge in [0.25, 0.3) is 5.91 Å². The molecule has 3 rings (SSSR count). The first-order valence-electron chi connectivity index (χ1n) is 7.10. The van der Waals surface area contributed by atoms with Crippen molar-refractivity contribution in [1.29, 1.82) is 0 Å². The fourth-order valence-corrected chi connectivity index (χ4v) is 2.67. The van der Waals surface area contributed by atoms with E-state index in [4.69, 9.17) is 28.6 Å². The van der Waals surface area contributed by atoms with Crippen LogP contribution >= 0.6 is 23.8 Å². The van der Waals surface area contributed by atoms with Crippen molar-refractivity contribution in [3.63, 3.8) is 0 Å². The van der Waals surface area contributed by atoms with Gasteiger partial charge in [0.1, 0.15) is 0 Å². The Bertz CT molecular complexity index is 1040. The summed E-state index contributed by atoms with van der Waals surface area (Å²) in [6.45, 7) is 0. The van der Waals surface area contributed by atoms with Crippen LogP contribution in [-0.2, 0) is 0 Å². The molecule has 0 aliphatic carbocycles. The van der Waals surface area contributed by atoms with Crippen LogP contribution < -0.4 is 10.2 Å². The van der Waals surface area contributed by atoms with E-state index in [0.29, 0.717) is 15.9 Å². The highest BCUT2D eigenvalue weighted by molar-refractivity contribution is 7.71. The van der Waals surface area contributed by atoms with Crippen LogP contribution in [0, 0.1) is 4.77 Å². The SMILES string of the molecule is COc1cc(/C=N\NC(=O)c2ccc3[nH]c(=S)[nH]c3c2)cc(Cl)c1O. The summed E-state index contributed by atoms with van der Waals surface area (Å²) in [5.41, 5.74) is 4.96. The molecule has 0 bridgehead atoms. The number of aromatic hydroxyl groups is 1. The second kappa shape index (κ2) is 6.96. The molecule has 2 aromatic carbocycles. The maximum Gasteiger partial charge on any atom is 0.271 e. The van der Waals surface area contributed by atoms with Crippen molar-refractivity contribution in [3.05, 3.63) is 51.3 Å². The first kappa shape index (κ1) is 17.0. The van der Waals surface area contributed by atoms with Crippen molar-refractivity contribution in [2.24, 2.45) is 5.10 Å². The Labute approximate surface area is 152 Å². The van der Waals surface area contributed by atoms with E-state index in [2.05, 4.69) is 20.5 Å². The van der Waals surface area contributed by atoms with Gasteiger partial charge in [-0.05, 0) is 48.1 Å². The summed E-state index contributed by atoms with van der Waals surface area (Å²) in [6, 6.07) is 8.13. The van der Waals surface area contributed by atoms with E-state index in [9.17, 15) is 9.90 Å². The molecule has 7 nitrogen and oxygen atoms in total. The molecule has 0 radical (unpaired) electrons. The normalized spacial score (nSPS) is 11.1. The van der Waals surface area contributed by atoms with Crippen molar-refractivity contribution >= 4 is 47.0 Å². The minimum atomic E-state index is -0.379. The second-order valence-corrected chi connectivity index (χ2v) is 5.91. The third kappa shape index (κ3) is 3.65. The molecule has 0 aliphatic rings. The molecule has 0 spiro atoms. The zero-order valence-corrected chi connectivity index (χ0v) is 14.5. The molecule has 1 heterocycles. The second-order valence-electron chi connectivity index (χ2n) is 5.09. The molecular weight excluding hydrogens is 364 g/mol. The maximum absolute atomic E-state index is 12.2. The number of hydrogen-bond acceptors (Lipinski definition) is 5. The molecule has 3 aromatic rings. The number of carbonyl (C=O) groups is 1. The number of aromatic nitrogens is 2. The Hall–Kier alpha value is -2.84. The Morgan fingerprint density at radius 1 is 1.32 bits per heavy atom. The summed E-state index contributed by atoms with van der Waals surface area (Å²) >= 11 is 10.9. The zero-order chi connectivity index (χ0) is 18.0. The predicted molar refractivity (Wildman–Crippen MR) is 98.2 cm³/mol. The molecule has 1 amide bonds. The zero-order valence-electron chi connectivity index (χ0n) is 13.0. The summed E-state index contributed by atoms with van der Waals surface area (Å²) in [5.74, 6) is -0.313. The van der Waals surface area contributed by atoms with Gasteiger partial charge in [-0.15, -0.1) is 0 Å². The summed E-state index contributed by atoms with van der Waals surface area (Å²) in [5, 5.41) is 13.7. The van der Waals surface area contributed by atoms with Gasteiger partial charge in [-0.25, -0.2) is 5.43 Å². The highest BCUT2D eigenvalue weighted by atomic mass is 35.5. The van der Waals surface area contributed by atoms with Gasteiger partial charge in [0.15, 0.2) is 16.3 Å². The van der Waals surface area contributed by atoms with E-state index >= 15 is 0 Å². The molecule has 0 saturated carbocycles. The molecular formula is C16H13ClN4O3S. The lowest BCUT2D eigenvalue weighted by atomic mass is 10.2. The summed E-state index contributed by atoms with van der Waals surface area (Å²) in [4.78, 5) is 18.1. The van der Waals surface area contributed by atoms with Crippen molar-refractivity contribution in [3.8, 4) is 11.5 Å². The molecule has 25 heavy (non-hydrogen) atoms. The largest absolute Gasteiger partial charge is 0.503 e. The number of nitrogens with one attached hydrogen (secondary N) is 3. The Kier molecular flexibility index (Phi) is 4.73. The Morgan fingerprint density at radius 3 is 2.84 bits per heavy atom. The van der Waals surface area contributed by atoms with Crippen molar-refractivity contribution in [1.82, 2.24) is 15.4 Å². The molecule has 0 saturated heterocycles. The number of methoxy groups -OCH3 is 1. The number of carbonyl (C=O) groups excluding carboxylic acids is 1. The predicted octanol–water partition coefficient (Wildman–Crippen LogP) is 3.36. The van der Waals surface area contributed by atoms with Crippen LogP contribution in [0.4, 0.5) is 0 Å². The average molecular weight is 377 g/mol. The van der Waals surface area contributed by atoms with Crippen LogP contribution in [0.2, 0.25) is 5.02 Å². The Morgan fingerprint density at radius 2 is 2.08 bits per heavy atom. The van der Waals surface area contributed by atoms with Gasteiger partial charge in [-0.2, -0.15) is 5.10 Å². The van der Waals surface area contributed by atoms with Gasteiger partial charge in [0.2, 0.25) is 0 Å². The number of imidazole rings is 1. The van der Waals surface area contributed by atoms with Crippen LogP contribution in [0.25, 0.3) is 11.0 Å². The number of phenolic OH excluding ortho intramolecular Hbond substituents is 1. The lowest BCUT2D eigenvalue weighted by Gasteiger charge is -2.06. The molecule has 0 atom stereocenters. The molecule has 0 fully saturated rings. The van der Waals surface area contributed by atoms with Crippen LogP contribution in [0.1, 0.15) is 15.9 Å². The van der Waals surface area contributed by atoms with Crippen molar-refractivity contribution in [2.75, 3.05) is 7.11 Å². The molecule has 128 valence electrons. The van der Waals surface area contributed by atoms with Gasteiger partial charge in [-0.3, -0.25) is 4.79 Å². The highest BCUT2D eigenvalue weighted by Gasteiger charge is 2.09. The van der Waals surface area contributed by atoms with E-state index < -0.39 is 0 Å². The fraction of sp³-hybridized carbons (Fsp3) is 0.0625. The fourth-order valence-electron chi connectivity index (χ4n) is 2.23. The number of phenols is 1. The number of benzene rings is 2. The van der Waals surface area contributed by atoms with E-state index in [1.807, 2.05) is 0 Å². The van der Waals surface area contributed by atoms with Gasteiger partial charge in [0.05, 0.1) is 29.4 Å². The maximum atomic E-state index is 12.2. The number of nitrogens with zero attached hydrogens (tertiary/aromatic N) is 1. The Balaban J connectivity index is 1.75. The third-order valence-corrected chi connectivity index (χ3v) is 3.92. The molecule has 4 N–H and O–H groups in total. The third-order valence-electron chi connectivity index (χ3n) is 3.43. The molecule has 9 heteroatoms. The average Bonchev–Trinajstić information content (AvgIpc) is 2.96. The van der Waals surface area contributed by atoms with Gasteiger partial charge in [-0.1, -0.05) is 11.6 Å². The van der Waals surface area contributed by atoms with Gasteiger partial charge < -0.3 is 19.8 Å². The minimum absolute atomic E-state index is 0.125. The van der Waals surface area contributed by atoms with E-state index in [0.717, 1.165) is 11.0 Å². The number of hydrogen-bond donors (Lipinski definition) is 4. The number of fused-ring (bicyclic) bond motifs is 1. The quantitative estimate of drug-likeness (QED) is 0.318. The minimum Gasteiger partial charge on any atom is -0.503 e. The van der Waals surface area contributed by atoms with Gasteiger partial charge >= 0.3 is 0 Å².